The lowest BCUT2D eigenvalue weighted by atomic mass is 10.2. The Morgan fingerprint density at radius 3 is 2.69 bits per heavy atom. The van der Waals surface area contributed by atoms with Crippen LogP contribution >= 0.6 is 28.3 Å². The summed E-state index contributed by atoms with van der Waals surface area (Å²) in [6.07, 6.45) is 0. The van der Waals surface area contributed by atoms with Crippen molar-refractivity contribution in [2.24, 2.45) is 5.73 Å². The number of nitrogens with two attached hydrogens (primary N) is 1. The Balaban J connectivity index is 0.00000225. The van der Waals surface area contributed by atoms with E-state index in [2.05, 4.69) is 15.9 Å². The quantitative estimate of drug-likeness (QED) is 0.927. The van der Waals surface area contributed by atoms with Gasteiger partial charge in [0.05, 0.1) is 6.54 Å². The molecule has 90 valence electrons. The highest BCUT2D eigenvalue weighted by atomic mass is 79.9. The summed E-state index contributed by atoms with van der Waals surface area (Å²) in [4.78, 5) is 13.2. The first-order valence-electron chi connectivity index (χ1n) is 4.89. The second kappa shape index (κ2) is 7.65. The Morgan fingerprint density at radius 1 is 1.50 bits per heavy atom. The minimum Gasteiger partial charge on any atom is -0.338 e. The largest absolute Gasteiger partial charge is 0.338 e. The molecule has 0 bridgehead atoms. The predicted molar refractivity (Wildman–Crippen MR) is 71.5 cm³/mol. The number of nitrogens with zero attached hydrogens (tertiary/aromatic N) is 1. The summed E-state index contributed by atoms with van der Waals surface area (Å²) in [5.74, 6) is -0.0162. The van der Waals surface area contributed by atoms with E-state index < -0.39 is 0 Å². The predicted octanol–water partition coefficient (Wildman–Crippen LogP) is 2.18. The van der Waals surface area contributed by atoms with Crippen LogP contribution < -0.4 is 5.73 Å². The zero-order valence-corrected chi connectivity index (χ0v) is 11.6. The van der Waals surface area contributed by atoms with Gasteiger partial charge in [-0.3, -0.25) is 4.79 Å². The Morgan fingerprint density at radius 2 is 2.19 bits per heavy atom. The monoisotopic (exact) mass is 306 g/mol. The molecule has 0 unspecified atom stereocenters. The second-order valence-electron chi connectivity index (χ2n) is 3.24. The molecule has 1 aromatic rings. The van der Waals surface area contributed by atoms with Crippen molar-refractivity contribution in [3.8, 4) is 0 Å². The molecule has 1 amide bonds. The van der Waals surface area contributed by atoms with Crippen LogP contribution in [0.15, 0.2) is 28.7 Å². The molecule has 0 radical (unpaired) electrons. The van der Waals surface area contributed by atoms with Crippen LogP contribution in [-0.4, -0.2) is 23.9 Å². The normalized spacial score (nSPS) is 9.44. The fourth-order valence-corrected chi connectivity index (χ4v) is 1.81. The molecule has 0 aliphatic heterocycles. The number of carbonyl (C=O) groups is 1. The number of carbonyl (C=O) groups excluding carboxylic acids is 1. The summed E-state index contributed by atoms with van der Waals surface area (Å²) in [5.41, 5.74) is 6.44. The fraction of sp³-hybridized carbons (Fsp3) is 0.364. The minimum absolute atomic E-state index is 0. The van der Waals surface area contributed by atoms with Gasteiger partial charge in [-0.1, -0.05) is 28.1 Å². The highest BCUT2D eigenvalue weighted by molar-refractivity contribution is 9.10. The van der Waals surface area contributed by atoms with Gasteiger partial charge in [0.25, 0.3) is 0 Å². The number of rotatable bonds is 4. The molecule has 0 saturated heterocycles. The molecule has 5 heteroatoms. The zero-order valence-electron chi connectivity index (χ0n) is 9.15. The fourth-order valence-electron chi connectivity index (χ4n) is 1.36. The molecule has 0 fully saturated rings. The smallest absolute Gasteiger partial charge is 0.236 e. The molecule has 16 heavy (non-hydrogen) atoms. The highest BCUT2D eigenvalue weighted by Crippen LogP contribution is 2.13. The van der Waals surface area contributed by atoms with Gasteiger partial charge in [-0.05, 0) is 24.6 Å². The summed E-state index contributed by atoms with van der Waals surface area (Å²) in [6, 6.07) is 7.92. The van der Waals surface area contributed by atoms with Crippen molar-refractivity contribution in [1.82, 2.24) is 4.90 Å². The van der Waals surface area contributed by atoms with Crippen molar-refractivity contribution in [3.05, 3.63) is 34.3 Å². The number of hydrogen-bond donors (Lipinski definition) is 1. The molecular formula is C11H16BrClN2O. The molecule has 0 heterocycles. The van der Waals surface area contributed by atoms with Gasteiger partial charge in [-0.25, -0.2) is 0 Å². The third kappa shape index (κ3) is 4.51. The third-order valence-electron chi connectivity index (χ3n) is 2.17. The van der Waals surface area contributed by atoms with E-state index in [1.165, 1.54) is 0 Å². The summed E-state index contributed by atoms with van der Waals surface area (Å²) in [7, 11) is 0. The molecule has 0 saturated carbocycles. The van der Waals surface area contributed by atoms with Gasteiger partial charge < -0.3 is 10.6 Å². The maximum Gasteiger partial charge on any atom is 0.236 e. The van der Waals surface area contributed by atoms with E-state index in [0.717, 1.165) is 10.0 Å². The van der Waals surface area contributed by atoms with Crippen LogP contribution in [-0.2, 0) is 11.3 Å². The van der Waals surface area contributed by atoms with Gasteiger partial charge in [0.2, 0.25) is 5.91 Å². The molecular weight excluding hydrogens is 291 g/mol. The van der Waals surface area contributed by atoms with E-state index in [1.54, 1.807) is 4.90 Å². The van der Waals surface area contributed by atoms with Crippen molar-refractivity contribution in [3.63, 3.8) is 0 Å². The van der Waals surface area contributed by atoms with Gasteiger partial charge in [0.15, 0.2) is 0 Å². The molecule has 0 aromatic heterocycles. The lowest BCUT2D eigenvalue weighted by Crippen LogP contribution is -2.35. The summed E-state index contributed by atoms with van der Waals surface area (Å²) in [5, 5.41) is 0. The van der Waals surface area contributed by atoms with Crippen molar-refractivity contribution in [2.75, 3.05) is 13.1 Å². The van der Waals surface area contributed by atoms with Gasteiger partial charge in [0.1, 0.15) is 0 Å². The van der Waals surface area contributed by atoms with E-state index in [4.69, 9.17) is 5.73 Å². The van der Waals surface area contributed by atoms with Crippen LogP contribution in [0, 0.1) is 0 Å². The Labute approximate surface area is 111 Å². The maximum absolute atomic E-state index is 11.4. The SMILES string of the molecule is CCN(Cc1cccc(Br)c1)C(=O)CN.Cl. The number of hydrogen-bond acceptors (Lipinski definition) is 2. The van der Waals surface area contributed by atoms with Gasteiger partial charge in [0, 0.05) is 17.6 Å². The average molecular weight is 308 g/mol. The number of halogens is 2. The van der Waals surface area contributed by atoms with Crippen LogP contribution in [0.2, 0.25) is 0 Å². The Hall–Kier alpha value is -0.580. The molecule has 1 rings (SSSR count). The summed E-state index contributed by atoms with van der Waals surface area (Å²) < 4.78 is 1.02. The zero-order chi connectivity index (χ0) is 11.3. The number of likely N-dealkylation sites (N-methyl/N-ethyl adjacent to an activating group) is 1. The number of amides is 1. The van der Waals surface area contributed by atoms with Crippen LogP contribution in [0.1, 0.15) is 12.5 Å². The topological polar surface area (TPSA) is 46.3 Å². The van der Waals surface area contributed by atoms with Gasteiger partial charge in [-0.2, -0.15) is 0 Å². The first kappa shape index (κ1) is 15.4. The summed E-state index contributed by atoms with van der Waals surface area (Å²) >= 11 is 3.40. The van der Waals surface area contributed by atoms with E-state index >= 15 is 0 Å². The molecule has 0 spiro atoms. The first-order valence-corrected chi connectivity index (χ1v) is 5.69. The Bertz CT molecular complexity index is 347. The van der Waals surface area contributed by atoms with Gasteiger partial charge >= 0.3 is 0 Å². The van der Waals surface area contributed by atoms with Crippen molar-refractivity contribution < 1.29 is 4.79 Å². The first-order chi connectivity index (χ1) is 7.17. The van der Waals surface area contributed by atoms with E-state index in [-0.39, 0.29) is 24.9 Å². The van der Waals surface area contributed by atoms with Crippen molar-refractivity contribution in [1.29, 1.82) is 0 Å². The average Bonchev–Trinajstić information content (AvgIpc) is 2.25. The summed E-state index contributed by atoms with van der Waals surface area (Å²) in [6.45, 7) is 3.32. The molecule has 0 aliphatic rings. The van der Waals surface area contributed by atoms with Crippen LogP contribution in [0.5, 0.6) is 0 Å². The van der Waals surface area contributed by atoms with Crippen LogP contribution in [0.4, 0.5) is 0 Å². The van der Waals surface area contributed by atoms with E-state index in [0.29, 0.717) is 13.1 Å². The van der Waals surface area contributed by atoms with Crippen LogP contribution in [0.3, 0.4) is 0 Å². The maximum atomic E-state index is 11.4. The molecule has 2 N–H and O–H groups in total. The minimum atomic E-state index is -0.0162. The lowest BCUT2D eigenvalue weighted by Gasteiger charge is -2.20. The second-order valence-corrected chi connectivity index (χ2v) is 4.16. The lowest BCUT2D eigenvalue weighted by molar-refractivity contribution is -0.130. The van der Waals surface area contributed by atoms with Gasteiger partial charge in [-0.15, -0.1) is 12.4 Å². The Kier molecular flexibility index (Phi) is 7.38. The van der Waals surface area contributed by atoms with Crippen LogP contribution in [0.25, 0.3) is 0 Å². The molecule has 3 nitrogen and oxygen atoms in total. The highest BCUT2D eigenvalue weighted by Gasteiger charge is 2.09. The van der Waals surface area contributed by atoms with Crippen molar-refractivity contribution >= 4 is 34.2 Å². The molecule has 0 aliphatic carbocycles. The van der Waals surface area contributed by atoms with E-state index in [1.807, 2.05) is 31.2 Å². The standard InChI is InChI=1S/C11H15BrN2O.ClH/c1-2-14(11(15)7-13)8-9-4-3-5-10(12)6-9;/h3-6H,2,7-8,13H2,1H3;1H. The third-order valence-corrected chi connectivity index (χ3v) is 2.66. The number of benzene rings is 1. The molecule has 0 atom stereocenters. The van der Waals surface area contributed by atoms with E-state index in [9.17, 15) is 4.79 Å². The van der Waals surface area contributed by atoms with Crippen molar-refractivity contribution in [2.45, 2.75) is 13.5 Å². The molecule has 1 aromatic carbocycles.